The molecule has 0 saturated heterocycles. The van der Waals surface area contributed by atoms with Gasteiger partial charge in [0.1, 0.15) is 11.8 Å². The molecule has 20 heavy (non-hydrogen) atoms. The second kappa shape index (κ2) is 6.21. The Morgan fingerprint density at radius 1 is 1.50 bits per heavy atom. The summed E-state index contributed by atoms with van der Waals surface area (Å²) in [6.07, 6.45) is 2.34. The molecule has 0 saturated carbocycles. The zero-order valence-electron chi connectivity index (χ0n) is 11.2. The molecule has 0 amide bonds. The van der Waals surface area contributed by atoms with E-state index in [-0.39, 0.29) is 6.42 Å². The minimum atomic E-state index is -1.03. The van der Waals surface area contributed by atoms with Gasteiger partial charge in [-0.3, -0.25) is 4.79 Å². The largest absolute Gasteiger partial charge is 0.496 e. The van der Waals surface area contributed by atoms with Crippen LogP contribution >= 0.6 is 0 Å². The number of hydrogen-bond donors (Lipinski definition) is 3. The van der Waals surface area contributed by atoms with Gasteiger partial charge >= 0.3 is 5.97 Å². The van der Waals surface area contributed by atoms with Gasteiger partial charge in [0.2, 0.25) is 0 Å². The zero-order chi connectivity index (χ0) is 14.5. The van der Waals surface area contributed by atoms with Crippen LogP contribution < -0.4 is 10.5 Å². The Morgan fingerprint density at radius 2 is 2.25 bits per heavy atom. The maximum absolute atomic E-state index is 10.8. The first kappa shape index (κ1) is 14.1. The molecule has 0 bridgehead atoms. The molecule has 106 valence electrons. The quantitative estimate of drug-likeness (QED) is 0.729. The molecule has 2 aromatic rings. The Labute approximate surface area is 116 Å². The van der Waals surface area contributed by atoms with Crippen LogP contribution in [0.1, 0.15) is 17.0 Å². The van der Waals surface area contributed by atoms with Crippen molar-refractivity contribution in [2.24, 2.45) is 5.73 Å². The highest BCUT2D eigenvalue weighted by molar-refractivity contribution is 5.73. The number of nitrogens with one attached hydrogen (secondary N) is 1. The summed E-state index contributed by atoms with van der Waals surface area (Å²) in [7, 11) is 1.62. The molecule has 1 aromatic heterocycles. The minimum Gasteiger partial charge on any atom is -0.496 e. The molecule has 2 rings (SSSR count). The average molecular weight is 275 g/mol. The van der Waals surface area contributed by atoms with Crippen molar-refractivity contribution >= 4 is 5.97 Å². The highest BCUT2D eigenvalue weighted by atomic mass is 16.5. The highest BCUT2D eigenvalue weighted by Gasteiger charge is 2.17. The lowest BCUT2D eigenvalue weighted by Crippen LogP contribution is -2.32. The van der Waals surface area contributed by atoms with E-state index in [0.717, 1.165) is 17.0 Å². The SMILES string of the molecule is COc1ccccc1Cc1[nH]cnc1C[C@H](N)C(=O)O. The first-order valence-electron chi connectivity index (χ1n) is 6.23. The standard InChI is InChI=1S/C14H17N3O3/c1-20-13-5-3-2-4-9(13)6-11-12(17-8-16-11)7-10(15)14(18)19/h2-5,8,10H,6-7,15H2,1H3,(H,16,17)(H,18,19)/t10-/m0/s1. The van der Waals surface area contributed by atoms with Crippen LogP contribution in [0.25, 0.3) is 0 Å². The third-order valence-corrected chi connectivity index (χ3v) is 3.10. The van der Waals surface area contributed by atoms with E-state index >= 15 is 0 Å². The maximum atomic E-state index is 10.8. The maximum Gasteiger partial charge on any atom is 0.320 e. The summed E-state index contributed by atoms with van der Waals surface area (Å²) in [6, 6.07) is 6.72. The Bertz CT molecular complexity index is 595. The fourth-order valence-electron chi connectivity index (χ4n) is 2.01. The van der Waals surface area contributed by atoms with E-state index in [4.69, 9.17) is 15.6 Å². The second-order valence-corrected chi connectivity index (χ2v) is 4.47. The van der Waals surface area contributed by atoms with Crippen molar-refractivity contribution < 1.29 is 14.6 Å². The first-order valence-corrected chi connectivity index (χ1v) is 6.23. The smallest absolute Gasteiger partial charge is 0.320 e. The molecule has 0 aliphatic rings. The lowest BCUT2D eigenvalue weighted by Gasteiger charge is -2.09. The summed E-state index contributed by atoms with van der Waals surface area (Å²) >= 11 is 0. The third-order valence-electron chi connectivity index (χ3n) is 3.10. The second-order valence-electron chi connectivity index (χ2n) is 4.47. The number of benzene rings is 1. The van der Waals surface area contributed by atoms with Crippen LogP contribution in [0.15, 0.2) is 30.6 Å². The number of nitrogens with zero attached hydrogens (tertiary/aromatic N) is 1. The predicted octanol–water partition coefficient (Wildman–Crippen LogP) is 0.964. The number of carbonyl (C=O) groups is 1. The third kappa shape index (κ3) is 3.16. The van der Waals surface area contributed by atoms with Crippen molar-refractivity contribution in [1.82, 2.24) is 9.97 Å². The van der Waals surface area contributed by atoms with E-state index in [0.29, 0.717) is 12.1 Å². The molecule has 0 fully saturated rings. The van der Waals surface area contributed by atoms with E-state index in [2.05, 4.69) is 9.97 Å². The van der Waals surface area contributed by atoms with E-state index in [1.165, 1.54) is 0 Å². The van der Waals surface area contributed by atoms with Gasteiger partial charge < -0.3 is 20.6 Å². The number of H-pyrrole nitrogens is 1. The van der Waals surface area contributed by atoms with Crippen LogP contribution in [0.3, 0.4) is 0 Å². The topological polar surface area (TPSA) is 101 Å². The Balaban J connectivity index is 2.18. The number of nitrogens with two attached hydrogens (primary N) is 1. The van der Waals surface area contributed by atoms with Crippen LogP contribution in [0.2, 0.25) is 0 Å². The fourth-order valence-corrected chi connectivity index (χ4v) is 2.01. The molecular formula is C14H17N3O3. The van der Waals surface area contributed by atoms with E-state index in [1.54, 1.807) is 13.4 Å². The van der Waals surface area contributed by atoms with Gasteiger partial charge in [0.25, 0.3) is 0 Å². The molecule has 6 nitrogen and oxygen atoms in total. The number of aromatic amines is 1. The van der Waals surface area contributed by atoms with Crippen molar-refractivity contribution in [1.29, 1.82) is 0 Å². The van der Waals surface area contributed by atoms with E-state index in [1.807, 2.05) is 24.3 Å². The van der Waals surface area contributed by atoms with Gasteiger partial charge in [-0.05, 0) is 6.07 Å². The van der Waals surface area contributed by atoms with Crippen LogP contribution in [0.5, 0.6) is 5.75 Å². The molecule has 0 spiro atoms. The van der Waals surface area contributed by atoms with Crippen molar-refractivity contribution in [2.75, 3.05) is 7.11 Å². The molecular weight excluding hydrogens is 258 g/mol. The number of hydrogen-bond acceptors (Lipinski definition) is 4. The average Bonchev–Trinajstić information content (AvgIpc) is 2.86. The molecule has 0 unspecified atom stereocenters. The molecule has 0 aliphatic carbocycles. The normalized spacial score (nSPS) is 12.1. The van der Waals surface area contributed by atoms with Gasteiger partial charge in [-0.25, -0.2) is 4.98 Å². The number of imidazole rings is 1. The van der Waals surface area contributed by atoms with Crippen molar-refractivity contribution in [3.05, 3.63) is 47.5 Å². The number of methoxy groups -OCH3 is 1. The number of para-hydroxylation sites is 1. The number of ether oxygens (including phenoxy) is 1. The summed E-state index contributed by atoms with van der Waals surface area (Å²) in [5.74, 6) is -0.244. The summed E-state index contributed by atoms with van der Waals surface area (Å²) in [4.78, 5) is 18.0. The lowest BCUT2D eigenvalue weighted by atomic mass is 10.0. The van der Waals surface area contributed by atoms with E-state index in [9.17, 15) is 4.79 Å². The number of aliphatic carboxylic acids is 1. The molecule has 1 atom stereocenters. The minimum absolute atomic E-state index is 0.198. The lowest BCUT2D eigenvalue weighted by molar-refractivity contribution is -0.138. The van der Waals surface area contributed by atoms with Crippen LogP contribution in [0, 0.1) is 0 Å². The van der Waals surface area contributed by atoms with Crippen molar-refractivity contribution in [3.63, 3.8) is 0 Å². The van der Waals surface area contributed by atoms with Crippen LogP contribution in [-0.2, 0) is 17.6 Å². The van der Waals surface area contributed by atoms with Gasteiger partial charge in [-0.1, -0.05) is 18.2 Å². The van der Waals surface area contributed by atoms with Crippen LogP contribution in [0.4, 0.5) is 0 Å². The molecule has 1 aromatic carbocycles. The molecule has 6 heteroatoms. The van der Waals surface area contributed by atoms with Gasteiger partial charge in [-0.15, -0.1) is 0 Å². The predicted molar refractivity (Wildman–Crippen MR) is 73.7 cm³/mol. The van der Waals surface area contributed by atoms with Crippen molar-refractivity contribution in [2.45, 2.75) is 18.9 Å². The number of rotatable bonds is 6. The first-order chi connectivity index (χ1) is 9.61. The van der Waals surface area contributed by atoms with Gasteiger partial charge in [0.15, 0.2) is 0 Å². The van der Waals surface area contributed by atoms with Crippen molar-refractivity contribution in [3.8, 4) is 5.75 Å². The monoisotopic (exact) mass is 275 g/mol. The number of aromatic nitrogens is 2. The van der Waals surface area contributed by atoms with Crippen LogP contribution in [-0.4, -0.2) is 34.2 Å². The molecule has 0 radical (unpaired) electrons. The van der Waals surface area contributed by atoms with Gasteiger partial charge in [0, 0.05) is 24.1 Å². The summed E-state index contributed by atoms with van der Waals surface area (Å²) in [5.41, 5.74) is 8.08. The molecule has 0 aliphatic heterocycles. The summed E-state index contributed by atoms with van der Waals surface area (Å²) < 4.78 is 5.30. The summed E-state index contributed by atoms with van der Waals surface area (Å²) in [5, 5.41) is 8.86. The molecule has 4 N–H and O–H groups in total. The Hall–Kier alpha value is -2.34. The molecule has 1 heterocycles. The van der Waals surface area contributed by atoms with E-state index < -0.39 is 12.0 Å². The zero-order valence-corrected chi connectivity index (χ0v) is 11.2. The van der Waals surface area contributed by atoms with Gasteiger partial charge in [0.05, 0.1) is 19.1 Å². The fraction of sp³-hybridized carbons (Fsp3) is 0.286. The highest BCUT2D eigenvalue weighted by Crippen LogP contribution is 2.21. The van der Waals surface area contributed by atoms with Gasteiger partial charge in [-0.2, -0.15) is 0 Å². The number of carboxylic acids is 1. The Kier molecular flexibility index (Phi) is 4.37. The number of carboxylic acid groups (broad SMARTS) is 1. The Morgan fingerprint density at radius 3 is 2.95 bits per heavy atom. The summed E-state index contributed by atoms with van der Waals surface area (Å²) in [6.45, 7) is 0.